The number of ether oxygens (including phenoxy) is 2. The van der Waals surface area contributed by atoms with E-state index >= 15 is 0 Å². The highest BCUT2D eigenvalue weighted by Crippen LogP contribution is 2.32. The summed E-state index contributed by atoms with van der Waals surface area (Å²) in [5.41, 5.74) is -0.694. The van der Waals surface area contributed by atoms with Gasteiger partial charge in [0.05, 0.1) is 12.2 Å². The van der Waals surface area contributed by atoms with E-state index in [1.807, 2.05) is 0 Å². The van der Waals surface area contributed by atoms with Crippen LogP contribution in [0.5, 0.6) is 0 Å². The van der Waals surface area contributed by atoms with Crippen molar-refractivity contribution in [2.75, 3.05) is 6.61 Å². The van der Waals surface area contributed by atoms with E-state index in [-0.39, 0.29) is 0 Å². The standard InChI is InChI=1S/C19H16O5/c20-13-19(15-9-5-2-6-10-15)16(21)11-12-17(24-19)23-18(22)14-7-3-1-4-8-14/h1-12,17,20H,13H2. The van der Waals surface area contributed by atoms with Gasteiger partial charge in [-0.3, -0.25) is 4.79 Å². The van der Waals surface area contributed by atoms with E-state index in [0.29, 0.717) is 11.1 Å². The van der Waals surface area contributed by atoms with Gasteiger partial charge in [0, 0.05) is 0 Å². The first-order valence-electron chi connectivity index (χ1n) is 7.48. The molecule has 2 aromatic carbocycles. The molecule has 2 aromatic rings. The van der Waals surface area contributed by atoms with Crippen LogP contribution in [0.15, 0.2) is 72.8 Å². The summed E-state index contributed by atoms with van der Waals surface area (Å²) in [7, 11) is 0. The first-order chi connectivity index (χ1) is 11.7. The lowest BCUT2D eigenvalue weighted by molar-refractivity contribution is -0.193. The van der Waals surface area contributed by atoms with Crippen LogP contribution in [0.3, 0.4) is 0 Å². The Morgan fingerprint density at radius 3 is 2.33 bits per heavy atom. The predicted octanol–water partition coefficient (Wildman–Crippen LogP) is 2.21. The molecule has 1 aliphatic rings. The molecule has 3 rings (SSSR count). The molecule has 2 atom stereocenters. The van der Waals surface area contributed by atoms with E-state index in [0.717, 1.165) is 0 Å². The molecule has 0 spiro atoms. The third kappa shape index (κ3) is 2.99. The minimum absolute atomic E-state index is 0.376. The van der Waals surface area contributed by atoms with Gasteiger partial charge in [-0.2, -0.15) is 0 Å². The molecule has 1 aliphatic heterocycles. The Labute approximate surface area is 139 Å². The zero-order chi connectivity index (χ0) is 17.0. The van der Waals surface area contributed by atoms with Crippen molar-refractivity contribution >= 4 is 11.8 Å². The monoisotopic (exact) mass is 324 g/mol. The van der Waals surface area contributed by atoms with E-state index in [1.54, 1.807) is 60.7 Å². The van der Waals surface area contributed by atoms with Gasteiger partial charge in [0.2, 0.25) is 6.29 Å². The topological polar surface area (TPSA) is 72.8 Å². The van der Waals surface area contributed by atoms with Gasteiger partial charge in [0.1, 0.15) is 0 Å². The zero-order valence-electron chi connectivity index (χ0n) is 12.8. The van der Waals surface area contributed by atoms with E-state index < -0.39 is 30.3 Å². The van der Waals surface area contributed by atoms with E-state index in [9.17, 15) is 14.7 Å². The number of aliphatic hydroxyl groups excluding tert-OH is 1. The number of hydrogen-bond donors (Lipinski definition) is 1. The SMILES string of the molecule is O=C(OC1C=CC(=O)C(CO)(c2ccccc2)O1)c1ccccc1. The molecule has 1 N–H and O–H groups in total. The van der Waals surface area contributed by atoms with Crippen molar-refractivity contribution in [1.82, 2.24) is 0 Å². The number of rotatable bonds is 4. The molecule has 5 heteroatoms. The normalized spacial score (nSPS) is 23.0. The van der Waals surface area contributed by atoms with Crippen LogP contribution < -0.4 is 0 Å². The molecule has 0 radical (unpaired) electrons. The molecule has 2 unspecified atom stereocenters. The molecular weight excluding hydrogens is 308 g/mol. The zero-order valence-corrected chi connectivity index (χ0v) is 12.8. The number of ketones is 1. The lowest BCUT2D eigenvalue weighted by atomic mass is 9.88. The van der Waals surface area contributed by atoms with Gasteiger partial charge in [-0.15, -0.1) is 0 Å². The smallest absolute Gasteiger partial charge is 0.340 e. The fourth-order valence-corrected chi connectivity index (χ4v) is 2.53. The predicted molar refractivity (Wildman–Crippen MR) is 86.1 cm³/mol. The van der Waals surface area contributed by atoms with Crippen LogP contribution in [0.4, 0.5) is 0 Å². The van der Waals surface area contributed by atoms with Crippen molar-refractivity contribution in [3.8, 4) is 0 Å². The van der Waals surface area contributed by atoms with Gasteiger partial charge in [0.15, 0.2) is 11.4 Å². The number of hydrogen-bond acceptors (Lipinski definition) is 5. The van der Waals surface area contributed by atoms with Gasteiger partial charge in [-0.1, -0.05) is 48.5 Å². The van der Waals surface area contributed by atoms with Crippen LogP contribution in [0.1, 0.15) is 15.9 Å². The lowest BCUT2D eigenvalue weighted by Gasteiger charge is -2.35. The second kappa shape index (κ2) is 6.78. The van der Waals surface area contributed by atoms with Crippen LogP contribution >= 0.6 is 0 Å². The maximum absolute atomic E-state index is 12.3. The summed E-state index contributed by atoms with van der Waals surface area (Å²) in [6.07, 6.45) is 1.57. The van der Waals surface area contributed by atoms with Crippen LogP contribution in [-0.2, 0) is 19.9 Å². The van der Waals surface area contributed by atoms with Crippen molar-refractivity contribution in [3.05, 3.63) is 83.9 Å². The Morgan fingerprint density at radius 1 is 1.08 bits per heavy atom. The molecule has 0 saturated heterocycles. The Hall–Kier alpha value is -2.76. The van der Waals surface area contributed by atoms with Crippen LogP contribution in [0.25, 0.3) is 0 Å². The Kier molecular flexibility index (Phi) is 4.55. The second-order valence-corrected chi connectivity index (χ2v) is 5.33. The minimum atomic E-state index is -1.57. The van der Waals surface area contributed by atoms with Crippen LogP contribution in [0.2, 0.25) is 0 Å². The average molecular weight is 324 g/mol. The number of esters is 1. The van der Waals surface area contributed by atoms with E-state index in [4.69, 9.17) is 9.47 Å². The van der Waals surface area contributed by atoms with Gasteiger partial charge in [0.25, 0.3) is 0 Å². The summed E-state index contributed by atoms with van der Waals surface area (Å²) in [5, 5.41) is 9.81. The van der Waals surface area contributed by atoms with Crippen LogP contribution in [0, 0.1) is 0 Å². The maximum Gasteiger partial charge on any atom is 0.340 e. The van der Waals surface area contributed by atoms with Crippen molar-refractivity contribution in [2.45, 2.75) is 11.9 Å². The number of carbonyl (C=O) groups excluding carboxylic acids is 2. The van der Waals surface area contributed by atoms with Crippen molar-refractivity contribution in [1.29, 1.82) is 0 Å². The molecule has 0 bridgehead atoms. The first-order valence-corrected chi connectivity index (χ1v) is 7.48. The molecule has 0 amide bonds. The number of aliphatic hydroxyl groups is 1. The maximum atomic E-state index is 12.3. The highest BCUT2D eigenvalue weighted by Gasteiger charge is 2.44. The van der Waals surface area contributed by atoms with Gasteiger partial charge in [-0.05, 0) is 29.8 Å². The largest absolute Gasteiger partial charge is 0.428 e. The Balaban J connectivity index is 1.84. The fourth-order valence-electron chi connectivity index (χ4n) is 2.53. The molecule has 1 heterocycles. The first kappa shape index (κ1) is 16.1. The van der Waals surface area contributed by atoms with Crippen molar-refractivity contribution < 1.29 is 24.2 Å². The van der Waals surface area contributed by atoms with Gasteiger partial charge >= 0.3 is 5.97 Å². The van der Waals surface area contributed by atoms with Crippen molar-refractivity contribution in [3.63, 3.8) is 0 Å². The molecule has 0 fully saturated rings. The molecule has 0 aliphatic carbocycles. The summed E-state index contributed by atoms with van der Waals surface area (Å²) in [5.74, 6) is -0.970. The summed E-state index contributed by atoms with van der Waals surface area (Å²) in [6, 6.07) is 17.1. The van der Waals surface area contributed by atoms with Gasteiger partial charge in [-0.25, -0.2) is 4.79 Å². The molecule has 0 saturated carbocycles. The lowest BCUT2D eigenvalue weighted by Crippen LogP contribution is -2.47. The number of benzene rings is 2. The van der Waals surface area contributed by atoms with Gasteiger partial charge < -0.3 is 14.6 Å². The fraction of sp³-hybridized carbons (Fsp3) is 0.158. The minimum Gasteiger partial charge on any atom is -0.428 e. The van der Waals surface area contributed by atoms with Crippen LogP contribution in [-0.4, -0.2) is 29.8 Å². The summed E-state index contributed by atoms with van der Waals surface area (Å²) >= 11 is 0. The second-order valence-electron chi connectivity index (χ2n) is 5.33. The summed E-state index contributed by atoms with van der Waals surface area (Å²) in [4.78, 5) is 24.5. The molecule has 5 nitrogen and oxygen atoms in total. The molecular formula is C19H16O5. The Bertz CT molecular complexity index is 754. The summed E-state index contributed by atoms with van der Waals surface area (Å²) in [6.45, 7) is -0.556. The average Bonchev–Trinajstić information content (AvgIpc) is 2.65. The number of carbonyl (C=O) groups is 2. The highest BCUT2D eigenvalue weighted by atomic mass is 16.7. The molecule has 122 valence electrons. The quantitative estimate of drug-likeness (QED) is 0.873. The van der Waals surface area contributed by atoms with Crippen molar-refractivity contribution in [2.24, 2.45) is 0 Å². The molecule has 24 heavy (non-hydrogen) atoms. The summed E-state index contributed by atoms with van der Waals surface area (Å²) < 4.78 is 11.0. The molecule has 0 aromatic heterocycles. The highest BCUT2D eigenvalue weighted by molar-refractivity contribution is 5.99. The third-order valence-corrected chi connectivity index (χ3v) is 3.82. The van der Waals surface area contributed by atoms with E-state index in [1.165, 1.54) is 12.2 Å². The van der Waals surface area contributed by atoms with E-state index in [2.05, 4.69) is 0 Å². The Morgan fingerprint density at radius 2 is 1.71 bits per heavy atom. The third-order valence-electron chi connectivity index (χ3n) is 3.82.